The van der Waals surface area contributed by atoms with Crippen molar-refractivity contribution < 1.29 is 14.4 Å². The fourth-order valence-corrected chi connectivity index (χ4v) is 2.67. The van der Waals surface area contributed by atoms with Crippen molar-refractivity contribution in [3.8, 4) is 0 Å². The SMILES string of the molecule is C[C@H]1O[C@H](c2c([N+](=O)[O-])cnn2C)CC[C@@H]2O[C@@H]21. The van der Waals surface area contributed by atoms with Crippen molar-refractivity contribution >= 4 is 5.69 Å². The van der Waals surface area contributed by atoms with Gasteiger partial charge in [0, 0.05) is 7.05 Å². The van der Waals surface area contributed by atoms with Gasteiger partial charge in [-0.2, -0.15) is 5.10 Å². The molecule has 0 amide bonds. The van der Waals surface area contributed by atoms with E-state index < -0.39 is 4.92 Å². The molecule has 0 N–H and O–H groups in total. The molecule has 18 heavy (non-hydrogen) atoms. The molecule has 3 rings (SSSR count). The average molecular weight is 253 g/mol. The van der Waals surface area contributed by atoms with Crippen molar-refractivity contribution in [1.29, 1.82) is 0 Å². The molecule has 4 atom stereocenters. The van der Waals surface area contributed by atoms with E-state index in [9.17, 15) is 10.1 Å². The summed E-state index contributed by atoms with van der Waals surface area (Å²) in [5, 5.41) is 15.0. The predicted octanol–water partition coefficient (Wildman–Crippen LogP) is 1.34. The summed E-state index contributed by atoms with van der Waals surface area (Å²) >= 11 is 0. The van der Waals surface area contributed by atoms with E-state index in [-0.39, 0.29) is 30.1 Å². The van der Waals surface area contributed by atoms with Crippen molar-refractivity contribution in [2.45, 2.75) is 44.2 Å². The Morgan fingerprint density at radius 2 is 2.28 bits per heavy atom. The standard InChI is InChI=1S/C11H15N3O4/c1-6-11-9(18-11)4-3-8(17-6)10-7(14(15)16)5-12-13(10)2/h5-6,8-9,11H,3-4H2,1-2H3/t6-,8+,9+,11-/m1/s1. The molecule has 1 aromatic rings. The maximum Gasteiger partial charge on any atom is 0.312 e. The summed E-state index contributed by atoms with van der Waals surface area (Å²) in [6.45, 7) is 1.95. The summed E-state index contributed by atoms with van der Waals surface area (Å²) in [6, 6.07) is 0. The second kappa shape index (κ2) is 4.03. The lowest BCUT2D eigenvalue weighted by Gasteiger charge is -2.19. The molecule has 0 spiro atoms. The van der Waals surface area contributed by atoms with E-state index in [0.717, 1.165) is 12.8 Å². The Labute approximate surface area is 104 Å². The van der Waals surface area contributed by atoms with Crippen molar-refractivity contribution in [3.05, 3.63) is 22.0 Å². The van der Waals surface area contributed by atoms with Gasteiger partial charge in [0.1, 0.15) is 24.1 Å². The number of nitro groups is 1. The second-order valence-corrected chi connectivity index (χ2v) is 4.84. The van der Waals surface area contributed by atoms with Crippen molar-refractivity contribution in [2.75, 3.05) is 0 Å². The summed E-state index contributed by atoms with van der Waals surface area (Å²) in [4.78, 5) is 10.6. The molecule has 2 saturated heterocycles. The Kier molecular flexibility index (Phi) is 2.60. The molecule has 7 nitrogen and oxygen atoms in total. The maximum absolute atomic E-state index is 11.0. The Bertz CT molecular complexity index is 487. The monoisotopic (exact) mass is 253 g/mol. The van der Waals surface area contributed by atoms with Crippen LogP contribution >= 0.6 is 0 Å². The molecule has 98 valence electrons. The van der Waals surface area contributed by atoms with Gasteiger partial charge in [-0.25, -0.2) is 0 Å². The van der Waals surface area contributed by atoms with E-state index in [1.807, 2.05) is 6.92 Å². The van der Waals surface area contributed by atoms with Gasteiger partial charge in [-0.3, -0.25) is 14.8 Å². The second-order valence-electron chi connectivity index (χ2n) is 4.84. The summed E-state index contributed by atoms with van der Waals surface area (Å²) in [7, 11) is 1.71. The molecule has 0 bridgehead atoms. The molecule has 0 saturated carbocycles. The van der Waals surface area contributed by atoms with Gasteiger partial charge in [0.15, 0.2) is 0 Å². The minimum atomic E-state index is -0.404. The molecule has 0 aliphatic carbocycles. The van der Waals surface area contributed by atoms with Crippen molar-refractivity contribution in [3.63, 3.8) is 0 Å². The molecular formula is C11H15N3O4. The van der Waals surface area contributed by atoms with Gasteiger partial charge in [0.2, 0.25) is 0 Å². The van der Waals surface area contributed by atoms with Crippen LogP contribution in [0.1, 0.15) is 31.6 Å². The van der Waals surface area contributed by atoms with Gasteiger partial charge >= 0.3 is 5.69 Å². The first-order valence-electron chi connectivity index (χ1n) is 6.05. The minimum Gasteiger partial charge on any atom is -0.367 e. The van der Waals surface area contributed by atoms with Crippen LogP contribution in [-0.4, -0.2) is 33.0 Å². The van der Waals surface area contributed by atoms with Crippen LogP contribution in [0.4, 0.5) is 5.69 Å². The number of rotatable bonds is 2. The van der Waals surface area contributed by atoms with Gasteiger partial charge in [0.05, 0.1) is 17.1 Å². The Hall–Kier alpha value is -1.47. The third-order valence-electron chi connectivity index (χ3n) is 3.64. The largest absolute Gasteiger partial charge is 0.367 e. The van der Waals surface area contributed by atoms with E-state index in [2.05, 4.69) is 5.10 Å². The molecule has 0 aromatic carbocycles. The topological polar surface area (TPSA) is 82.7 Å². The number of hydrogen-bond donors (Lipinski definition) is 0. The first-order valence-corrected chi connectivity index (χ1v) is 6.05. The molecule has 2 fully saturated rings. The normalized spacial score (nSPS) is 34.8. The van der Waals surface area contributed by atoms with Crippen molar-refractivity contribution in [1.82, 2.24) is 9.78 Å². The molecule has 2 aliphatic heterocycles. The third-order valence-corrected chi connectivity index (χ3v) is 3.64. The lowest BCUT2D eigenvalue weighted by Crippen LogP contribution is -2.19. The van der Waals surface area contributed by atoms with E-state index >= 15 is 0 Å². The van der Waals surface area contributed by atoms with E-state index in [1.54, 1.807) is 7.05 Å². The lowest BCUT2D eigenvalue weighted by molar-refractivity contribution is -0.386. The summed E-state index contributed by atoms with van der Waals surface area (Å²) in [6.07, 6.45) is 3.00. The zero-order chi connectivity index (χ0) is 12.9. The fraction of sp³-hybridized carbons (Fsp3) is 0.727. The summed E-state index contributed by atoms with van der Waals surface area (Å²) < 4.78 is 12.9. The molecular weight excluding hydrogens is 238 g/mol. The van der Waals surface area contributed by atoms with Crippen LogP contribution in [0.2, 0.25) is 0 Å². The number of fused-ring (bicyclic) bond motifs is 1. The van der Waals surface area contributed by atoms with Crippen LogP contribution in [0.5, 0.6) is 0 Å². The van der Waals surface area contributed by atoms with E-state index in [0.29, 0.717) is 5.69 Å². The number of aryl methyl sites for hydroxylation is 1. The van der Waals surface area contributed by atoms with Crippen LogP contribution in [0.25, 0.3) is 0 Å². The third kappa shape index (κ3) is 1.79. The van der Waals surface area contributed by atoms with E-state index in [4.69, 9.17) is 9.47 Å². The predicted molar refractivity (Wildman–Crippen MR) is 61.0 cm³/mol. The summed E-state index contributed by atoms with van der Waals surface area (Å²) in [5.74, 6) is 0. The maximum atomic E-state index is 11.0. The van der Waals surface area contributed by atoms with Gasteiger partial charge in [-0.15, -0.1) is 0 Å². The highest BCUT2D eigenvalue weighted by Gasteiger charge is 2.47. The average Bonchev–Trinajstić information content (AvgIpc) is 3.01. The molecule has 0 radical (unpaired) electrons. The van der Waals surface area contributed by atoms with Crippen LogP contribution in [-0.2, 0) is 16.5 Å². The highest BCUT2D eigenvalue weighted by Crippen LogP contribution is 2.41. The number of hydrogen-bond acceptors (Lipinski definition) is 5. The van der Waals surface area contributed by atoms with Crippen LogP contribution < -0.4 is 0 Å². The number of nitrogens with zero attached hydrogens (tertiary/aromatic N) is 3. The summed E-state index contributed by atoms with van der Waals surface area (Å²) in [5.41, 5.74) is 0.583. The van der Waals surface area contributed by atoms with Gasteiger partial charge in [-0.05, 0) is 19.8 Å². The first kappa shape index (κ1) is 11.6. The quantitative estimate of drug-likeness (QED) is 0.451. The first-order chi connectivity index (χ1) is 8.58. The lowest BCUT2D eigenvalue weighted by atomic mass is 10.1. The minimum absolute atomic E-state index is 0.0306. The number of aromatic nitrogens is 2. The Morgan fingerprint density at radius 1 is 1.50 bits per heavy atom. The molecule has 7 heteroatoms. The van der Waals surface area contributed by atoms with Crippen LogP contribution in [0.15, 0.2) is 6.20 Å². The number of ether oxygens (including phenoxy) is 2. The van der Waals surface area contributed by atoms with Gasteiger partial charge < -0.3 is 9.47 Å². The molecule has 2 aliphatic rings. The smallest absolute Gasteiger partial charge is 0.312 e. The highest BCUT2D eigenvalue weighted by atomic mass is 16.6. The zero-order valence-electron chi connectivity index (χ0n) is 10.3. The Morgan fingerprint density at radius 3 is 3.00 bits per heavy atom. The van der Waals surface area contributed by atoms with Crippen LogP contribution in [0.3, 0.4) is 0 Å². The fourth-order valence-electron chi connectivity index (χ4n) is 2.67. The molecule has 3 heterocycles. The van der Waals surface area contributed by atoms with Gasteiger partial charge in [-0.1, -0.05) is 0 Å². The molecule has 1 aromatic heterocycles. The van der Waals surface area contributed by atoms with Crippen molar-refractivity contribution in [2.24, 2.45) is 7.05 Å². The van der Waals surface area contributed by atoms with E-state index in [1.165, 1.54) is 10.9 Å². The highest BCUT2D eigenvalue weighted by molar-refractivity contribution is 5.35. The molecule has 0 unspecified atom stereocenters. The number of epoxide rings is 1. The zero-order valence-corrected chi connectivity index (χ0v) is 10.3. The Balaban J connectivity index is 1.89. The van der Waals surface area contributed by atoms with Gasteiger partial charge in [0.25, 0.3) is 0 Å². The van der Waals surface area contributed by atoms with Crippen LogP contribution in [0, 0.1) is 10.1 Å².